The van der Waals surface area contributed by atoms with E-state index < -0.39 is 10.0 Å². The molecule has 0 atom stereocenters. The standard InChI is InChI=1S/C19H17NO3S/c21-18-9-3-7-15-8-4-12-20(19(15)18)24(22,23)17-11-10-14-5-1-2-6-16(14)13-17/h1-3,5-7,9-11,13,21H,4,8,12H2. The van der Waals surface area contributed by atoms with Crippen LogP contribution in [-0.4, -0.2) is 20.1 Å². The van der Waals surface area contributed by atoms with Gasteiger partial charge in [-0.2, -0.15) is 0 Å². The normalized spacial score (nSPS) is 14.6. The zero-order valence-corrected chi connectivity index (χ0v) is 13.8. The van der Waals surface area contributed by atoms with E-state index in [1.165, 1.54) is 10.4 Å². The number of benzene rings is 3. The second-order valence-corrected chi connectivity index (χ2v) is 7.84. The summed E-state index contributed by atoms with van der Waals surface area (Å²) in [5.74, 6) is 0.0107. The Morgan fingerprint density at radius 1 is 0.917 bits per heavy atom. The van der Waals surface area contributed by atoms with Crippen molar-refractivity contribution in [1.82, 2.24) is 0 Å². The second-order valence-electron chi connectivity index (χ2n) is 5.97. The second kappa shape index (κ2) is 5.53. The lowest BCUT2D eigenvalue weighted by Gasteiger charge is -2.31. The Hall–Kier alpha value is -2.53. The summed E-state index contributed by atoms with van der Waals surface area (Å²) >= 11 is 0. The first-order chi connectivity index (χ1) is 11.6. The zero-order valence-electron chi connectivity index (χ0n) is 13.0. The molecule has 0 spiro atoms. The van der Waals surface area contributed by atoms with Crippen LogP contribution in [0.2, 0.25) is 0 Å². The largest absolute Gasteiger partial charge is 0.506 e. The molecule has 0 bridgehead atoms. The summed E-state index contributed by atoms with van der Waals surface area (Å²) in [4.78, 5) is 0.248. The lowest BCUT2D eigenvalue weighted by atomic mass is 10.0. The van der Waals surface area contributed by atoms with Crippen molar-refractivity contribution in [2.45, 2.75) is 17.7 Å². The van der Waals surface area contributed by atoms with E-state index in [-0.39, 0.29) is 10.6 Å². The third-order valence-corrected chi connectivity index (χ3v) is 6.26. The molecule has 122 valence electrons. The topological polar surface area (TPSA) is 57.6 Å². The lowest BCUT2D eigenvalue weighted by Crippen LogP contribution is -2.35. The van der Waals surface area contributed by atoms with Crippen molar-refractivity contribution < 1.29 is 13.5 Å². The molecule has 5 heteroatoms. The van der Waals surface area contributed by atoms with Gasteiger partial charge in [0.05, 0.1) is 10.6 Å². The van der Waals surface area contributed by atoms with E-state index in [0.29, 0.717) is 12.2 Å². The summed E-state index contributed by atoms with van der Waals surface area (Å²) in [5.41, 5.74) is 1.28. The number of phenols is 1. The average Bonchev–Trinajstić information content (AvgIpc) is 2.61. The molecule has 4 rings (SSSR count). The van der Waals surface area contributed by atoms with Gasteiger partial charge in [0, 0.05) is 6.54 Å². The van der Waals surface area contributed by atoms with Crippen LogP contribution in [-0.2, 0) is 16.4 Å². The van der Waals surface area contributed by atoms with Crippen LogP contribution in [0.4, 0.5) is 5.69 Å². The van der Waals surface area contributed by atoms with Gasteiger partial charge in [0.25, 0.3) is 10.0 Å². The van der Waals surface area contributed by atoms with E-state index in [1.54, 1.807) is 18.2 Å². The highest BCUT2D eigenvalue weighted by atomic mass is 32.2. The Balaban J connectivity index is 1.86. The van der Waals surface area contributed by atoms with E-state index in [2.05, 4.69) is 0 Å². The Morgan fingerprint density at radius 2 is 1.71 bits per heavy atom. The van der Waals surface area contributed by atoms with Crippen LogP contribution >= 0.6 is 0 Å². The molecule has 1 aliphatic rings. The zero-order chi connectivity index (χ0) is 16.7. The molecule has 1 N–H and O–H groups in total. The Bertz CT molecular complexity index is 1030. The predicted octanol–water partition coefficient (Wildman–Crippen LogP) is 3.69. The van der Waals surface area contributed by atoms with Gasteiger partial charge in [-0.3, -0.25) is 4.31 Å². The Labute approximate surface area is 141 Å². The highest BCUT2D eigenvalue weighted by Crippen LogP contribution is 2.38. The number of para-hydroxylation sites is 1. The molecule has 0 aliphatic carbocycles. The predicted molar refractivity (Wildman–Crippen MR) is 94.9 cm³/mol. The van der Waals surface area contributed by atoms with Crippen molar-refractivity contribution in [3.05, 3.63) is 66.2 Å². The molecule has 0 fully saturated rings. The minimum absolute atomic E-state index is 0.0107. The lowest BCUT2D eigenvalue weighted by molar-refractivity contribution is 0.472. The monoisotopic (exact) mass is 339 g/mol. The van der Waals surface area contributed by atoms with Crippen molar-refractivity contribution in [1.29, 1.82) is 0 Å². The number of aryl methyl sites for hydroxylation is 1. The molecular weight excluding hydrogens is 322 g/mol. The number of aromatic hydroxyl groups is 1. The number of sulfonamides is 1. The van der Waals surface area contributed by atoms with Crippen LogP contribution in [0.5, 0.6) is 5.75 Å². The molecule has 24 heavy (non-hydrogen) atoms. The summed E-state index contributed by atoms with van der Waals surface area (Å²) < 4.78 is 27.7. The maximum absolute atomic E-state index is 13.2. The van der Waals surface area contributed by atoms with E-state index in [4.69, 9.17) is 0 Å². The minimum atomic E-state index is -3.72. The highest BCUT2D eigenvalue weighted by Gasteiger charge is 2.31. The molecule has 0 amide bonds. The van der Waals surface area contributed by atoms with E-state index in [0.717, 1.165) is 29.2 Å². The fourth-order valence-corrected chi connectivity index (χ4v) is 4.88. The number of hydrogen-bond donors (Lipinski definition) is 1. The molecule has 0 radical (unpaired) electrons. The highest BCUT2D eigenvalue weighted by molar-refractivity contribution is 7.92. The van der Waals surface area contributed by atoms with Crippen molar-refractivity contribution in [3.63, 3.8) is 0 Å². The summed E-state index contributed by atoms with van der Waals surface area (Å²) in [7, 11) is -3.72. The van der Waals surface area contributed by atoms with Gasteiger partial charge in [0.15, 0.2) is 0 Å². The van der Waals surface area contributed by atoms with Crippen LogP contribution in [0.15, 0.2) is 65.6 Å². The fourth-order valence-electron chi connectivity index (χ4n) is 3.29. The smallest absolute Gasteiger partial charge is 0.264 e. The van der Waals surface area contributed by atoms with E-state index in [9.17, 15) is 13.5 Å². The van der Waals surface area contributed by atoms with Gasteiger partial charge in [0.2, 0.25) is 0 Å². The van der Waals surface area contributed by atoms with Crippen molar-refractivity contribution in [3.8, 4) is 5.75 Å². The molecule has 1 heterocycles. The van der Waals surface area contributed by atoms with Crippen LogP contribution in [0.25, 0.3) is 10.8 Å². The maximum Gasteiger partial charge on any atom is 0.264 e. The molecule has 1 aliphatic heterocycles. The summed E-state index contributed by atoms with van der Waals surface area (Å²) in [5, 5.41) is 12.1. The van der Waals surface area contributed by atoms with Gasteiger partial charge in [-0.1, -0.05) is 42.5 Å². The van der Waals surface area contributed by atoms with Crippen LogP contribution in [0, 0.1) is 0 Å². The number of hydrogen-bond acceptors (Lipinski definition) is 3. The molecule has 0 saturated carbocycles. The number of anilines is 1. The number of rotatable bonds is 2. The van der Waals surface area contributed by atoms with Crippen LogP contribution in [0.3, 0.4) is 0 Å². The number of nitrogens with zero attached hydrogens (tertiary/aromatic N) is 1. The summed E-state index contributed by atoms with van der Waals surface area (Å²) in [6, 6.07) is 18.0. The molecule has 0 saturated heterocycles. The van der Waals surface area contributed by atoms with Crippen molar-refractivity contribution >= 4 is 26.5 Å². The molecule has 0 aromatic heterocycles. The maximum atomic E-state index is 13.2. The summed E-state index contributed by atoms with van der Waals surface area (Å²) in [6.07, 6.45) is 1.51. The van der Waals surface area contributed by atoms with Gasteiger partial charge in [0.1, 0.15) is 5.75 Å². The molecular formula is C19H17NO3S. The van der Waals surface area contributed by atoms with Crippen molar-refractivity contribution in [2.24, 2.45) is 0 Å². The van der Waals surface area contributed by atoms with E-state index >= 15 is 0 Å². The Morgan fingerprint density at radius 3 is 2.54 bits per heavy atom. The number of phenolic OH excluding ortho intramolecular Hbond substituents is 1. The third kappa shape index (κ3) is 2.32. The summed E-state index contributed by atoms with van der Waals surface area (Å²) in [6.45, 7) is 0.375. The van der Waals surface area contributed by atoms with E-state index in [1.807, 2.05) is 36.4 Å². The quantitative estimate of drug-likeness (QED) is 0.775. The van der Waals surface area contributed by atoms with Gasteiger partial charge in [-0.15, -0.1) is 0 Å². The number of fused-ring (bicyclic) bond motifs is 2. The first-order valence-electron chi connectivity index (χ1n) is 7.90. The minimum Gasteiger partial charge on any atom is -0.506 e. The molecule has 0 unspecified atom stereocenters. The molecule has 4 nitrogen and oxygen atoms in total. The van der Waals surface area contributed by atoms with Crippen LogP contribution < -0.4 is 4.31 Å². The SMILES string of the molecule is O=S(=O)(c1ccc2ccccc2c1)N1CCCc2cccc(O)c21. The van der Waals surface area contributed by atoms with Gasteiger partial charge >= 0.3 is 0 Å². The van der Waals surface area contributed by atoms with Gasteiger partial charge in [-0.25, -0.2) is 8.42 Å². The first kappa shape index (κ1) is 15.0. The van der Waals surface area contributed by atoms with Gasteiger partial charge in [-0.05, 0) is 47.4 Å². The van der Waals surface area contributed by atoms with Crippen molar-refractivity contribution in [2.75, 3.05) is 10.8 Å². The third-order valence-electron chi connectivity index (χ3n) is 4.46. The molecule has 3 aromatic carbocycles. The Kier molecular flexibility index (Phi) is 3.46. The van der Waals surface area contributed by atoms with Crippen LogP contribution in [0.1, 0.15) is 12.0 Å². The first-order valence-corrected chi connectivity index (χ1v) is 9.34. The van der Waals surface area contributed by atoms with Gasteiger partial charge < -0.3 is 5.11 Å². The average molecular weight is 339 g/mol. The molecule has 3 aromatic rings. The fraction of sp³-hybridized carbons (Fsp3) is 0.158.